The third-order valence-electron chi connectivity index (χ3n) is 17.4. The monoisotopic (exact) mass is 1040 g/mol. The Hall–Kier alpha value is -8.18. The topological polar surface area (TPSA) is 19.6 Å². The number of furan rings is 1. The van der Waals surface area contributed by atoms with Crippen LogP contribution in [0.2, 0.25) is 13.1 Å². The lowest BCUT2D eigenvalue weighted by molar-refractivity contribution is 0.589. The van der Waals surface area contributed by atoms with Crippen LogP contribution >= 0.6 is 0 Å². The van der Waals surface area contributed by atoms with E-state index >= 15 is 0 Å². The van der Waals surface area contributed by atoms with Crippen molar-refractivity contribution in [3.8, 4) is 22.3 Å². The van der Waals surface area contributed by atoms with E-state index in [4.69, 9.17) is 4.42 Å². The molecule has 1 atom stereocenters. The zero-order valence-electron chi connectivity index (χ0n) is 47.7. The van der Waals surface area contributed by atoms with Crippen LogP contribution in [0.25, 0.3) is 44.2 Å². The standard InChI is InChI=1S/C75H70N2OSi/c1-72(2,3)49-30-32-52(33-31-49)75(53-38-45-68-62(46-53)59-26-19-21-29-67(59)79(68,10)11)63-47-58(76(54-22-14-12-15-23-54)56-39-34-50(35-40-56)73(4,5)6)43-44-60(63)69-64(75)48-65(71-70(69)61-27-18-20-28-66(61)78-71)77(55-24-16-13-17-25-55)57-41-36-51(37-42-57)74(7,8)9/h12-48H,1-11H3. The molecule has 0 radical (unpaired) electrons. The molecule has 4 heteroatoms. The van der Waals surface area contributed by atoms with Crippen LogP contribution in [0.4, 0.5) is 34.1 Å². The summed E-state index contributed by atoms with van der Waals surface area (Å²) in [6, 6.07) is 85.2. The van der Waals surface area contributed by atoms with E-state index in [-0.39, 0.29) is 16.2 Å². The lowest BCUT2D eigenvalue weighted by Gasteiger charge is -2.36. The van der Waals surface area contributed by atoms with E-state index in [1.165, 1.54) is 71.6 Å². The van der Waals surface area contributed by atoms with E-state index in [0.29, 0.717) is 0 Å². The van der Waals surface area contributed by atoms with Gasteiger partial charge < -0.3 is 14.2 Å². The summed E-state index contributed by atoms with van der Waals surface area (Å²) in [7, 11) is -2.03. The van der Waals surface area contributed by atoms with Crippen LogP contribution in [0.5, 0.6) is 0 Å². The fourth-order valence-corrected chi connectivity index (χ4v) is 16.3. The van der Waals surface area contributed by atoms with Crippen LogP contribution in [-0.4, -0.2) is 8.07 Å². The van der Waals surface area contributed by atoms with Crippen molar-refractivity contribution in [2.24, 2.45) is 0 Å². The number of hydrogen-bond acceptors (Lipinski definition) is 3. The van der Waals surface area contributed by atoms with Crippen molar-refractivity contribution in [2.75, 3.05) is 9.80 Å². The molecule has 3 nitrogen and oxygen atoms in total. The maximum absolute atomic E-state index is 7.35. The van der Waals surface area contributed by atoms with E-state index < -0.39 is 13.5 Å². The normalized spacial score (nSPS) is 15.4. The Morgan fingerprint density at radius 1 is 0.380 bits per heavy atom. The molecule has 11 aromatic rings. The van der Waals surface area contributed by atoms with Gasteiger partial charge in [-0.3, -0.25) is 0 Å². The molecule has 2 aliphatic rings. The Bertz CT molecular complexity index is 4130. The highest BCUT2D eigenvalue weighted by Gasteiger charge is 2.50. The average molecular weight is 1040 g/mol. The summed E-state index contributed by atoms with van der Waals surface area (Å²) in [4.78, 5) is 4.88. The van der Waals surface area contributed by atoms with E-state index in [1.807, 2.05) is 0 Å². The maximum Gasteiger partial charge on any atom is 0.160 e. The number of rotatable bonds is 8. The molecule has 0 spiro atoms. The van der Waals surface area contributed by atoms with Gasteiger partial charge in [0, 0.05) is 39.2 Å². The molecule has 0 fully saturated rings. The Labute approximate surface area is 468 Å². The first-order chi connectivity index (χ1) is 37.8. The molecular formula is C75H70N2OSi. The highest BCUT2D eigenvalue weighted by atomic mass is 28.3. The van der Waals surface area contributed by atoms with Gasteiger partial charge in [0.2, 0.25) is 0 Å². The molecule has 13 rings (SSSR count). The second kappa shape index (κ2) is 18.2. The van der Waals surface area contributed by atoms with E-state index in [0.717, 1.165) is 56.1 Å². The van der Waals surface area contributed by atoms with E-state index in [1.54, 1.807) is 0 Å². The van der Waals surface area contributed by atoms with Crippen LogP contribution in [0.1, 0.15) is 101 Å². The zero-order chi connectivity index (χ0) is 54.8. The van der Waals surface area contributed by atoms with Crippen molar-refractivity contribution in [3.05, 3.63) is 263 Å². The Morgan fingerprint density at radius 2 is 0.861 bits per heavy atom. The lowest BCUT2D eigenvalue weighted by atomic mass is 9.66. The quantitative estimate of drug-likeness (QED) is 0.141. The summed E-state index contributed by atoms with van der Waals surface area (Å²) in [6.45, 7) is 25.7. The maximum atomic E-state index is 7.35. The minimum atomic E-state index is -2.03. The Balaban J connectivity index is 1.19. The molecule has 10 aromatic carbocycles. The first-order valence-electron chi connectivity index (χ1n) is 28.2. The number of para-hydroxylation sites is 3. The molecule has 79 heavy (non-hydrogen) atoms. The molecule has 1 aliphatic heterocycles. The summed E-state index contributed by atoms with van der Waals surface area (Å²) >= 11 is 0. The smallest absolute Gasteiger partial charge is 0.160 e. The minimum Gasteiger partial charge on any atom is -0.454 e. The van der Waals surface area contributed by atoms with Gasteiger partial charge in [-0.15, -0.1) is 0 Å². The first-order valence-corrected chi connectivity index (χ1v) is 31.2. The van der Waals surface area contributed by atoms with Crippen molar-refractivity contribution >= 4 is 74.5 Å². The van der Waals surface area contributed by atoms with Crippen LogP contribution in [0.15, 0.2) is 229 Å². The fraction of sp³-hybridized carbons (Fsp3) is 0.200. The molecular weight excluding hydrogens is 973 g/mol. The summed E-state index contributed by atoms with van der Waals surface area (Å²) in [6.07, 6.45) is 0. The van der Waals surface area contributed by atoms with Gasteiger partial charge in [-0.25, -0.2) is 0 Å². The van der Waals surface area contributed by atoms with Crippen molar-refractivity contribution in [1.29, 1.82) is 0 Å². The second-order valence-electron chi connectivity index (χ2n) is 25.8. The number of nitrogens with zero attached hydrogens (tertiary/aromatic N) is 2. The molecule has 0 bridgehead atoms. The summed E-state index contributed by atoms with van der Waals surface area (Å²) in [5, 5.41) is 5.21. The van der Waals surface area contributed by atoms with Crippen molar-refractivity contribution < 1.29 is 4.42 Å². The van der Waals surface area contributed by atoms with Gasteiger partial charge in [0.05, 0.1) is 11.1 Å². The van der Waals surface area contributed by atoms with Gasteiger partial charge in [0.1, 0.15) is 13.7 Å². The van der Waals surface area contributed by atoms with Crippen LogP contribution in [-0.2, 0) is 21.7 Å². The van der Waals surface area contributed by atoms with Gasteiger partial charge in [0.15, 0.2) is 5.58 Å². The first kappa shape index (κ1) is 50.3. The summed E-state index contributed by atoms with van der Waals surface area (Å²) in [5.74, 6) is 0. The summed E-state index contributed by atoms with van der Waals surface area (Å²) < 4.78 is 7.35. The molecule has 1 aromatic heterocycles. The van der Waals surface area contributed by atoms with Gasteiger partial charge in [-0.1, -0.05) is 221 Å². The van der Waals surface area contributed by atoms with Gasteiger partial charge in [-0.2, -0.15) is 0 Å². The number of benzene rings is 10. The summed E-state index contributed by atoms with van der Waals surface area (Å²) in [5.41, 5.74) is 21.2. The predicted molar refractivity (Wildman–Crippen MR) is 339 cm³/mol. The molecule has 1 unspecified atom stereocenters. The van der Waals surface area contributed by atoms with Crippen LogP contribution in [0, 0.1) is 0 Å². The van der Waals surface area contributed by atoms with E-state index in [9.17, 15) is 0 Å². The molecule has 390 valence electrons. The lowest BCUT2D eigenvalue weighted by Crippen LogP contribution is -2.49. The molecule has 0 saturated heterocycles. The zero-order valence-corrected chi connectivity index (χ0v) is 48.7. The Kier molecular flexibility index (Phi) is 11.6. The largest absolute Gasteiger partial charge is 0.454 e. The molecule has 0 N–H and O–H groups in total. The molecule has 0 amide bonds. The van der Waals surface area contributed by atoms with Crippen LogP contribution in [0.3, 0.4) is 0 Å². The van der Waals surface area contributed by atoms with Gasteiger partial charge in [-0.05, 0) is 167 Å². The van der Waals surface area contributed by atoms with Gasteiger partial charge in [0.25, 0.3) is 0 Å². The van der Waals surface area contributed by atoms with E-state index in [2.05, 4.69) is 310 Å². The SMILES string of the molecule is CC(C)(C)c1ccc(N(c2ccccc2)c2ccc3c(c2)C(c2ccc(C(C)(C)C)cc2)(c2ccc4c(c2)-c2ccccc2[Si]4(C)C)c2cc(N(c4ccccc4)c4ccc(C(C)(C)C)cc4)c4oc5ccccc5c4c2-3)cc1. The fourth-order valence-electron chi connectivity index (χ4n) is 13.2. The highest BCUT2D eigenvalue weighted by Crippen LogP contribution is 2.62. The average Bonchev–Trinajstić information content (AvgIpc) is 4.24. The highest BCUT2D eigenvalue weighted by molar-refractivity contribution is 7.03. The van der Waals surface area contributed by atoms with Crippen molar-refractivity contribution in [1.82, 2.24) is 0 Å². The van der Waals surface area contributed by atoms with Crippen molar-refractivity contribution in [2.45, 2.75) is 97.1 Å². The minimum absolute atomic E-state index is 0.0114. The molecule has 0 saturated carbocycles. The molecule has 1 aliphatic carbocycles. The van der Waals surface area contributed by atoms with Crippen LogP contribution < -0.4 is 20.2 Å². The number of fused-ring (bicyclic) bond motifs is 10. The third-order valence-corrected chi connectivity index (χ3v) is 21.0. The Morgan fingerprint density at radius 3 is 1.47 bits per heavy atom. The number of hydrogen-bond donors (Lipinski definition) is 0. The third kappa shape index (κ3) is 8.04. The number of anilines is 6. The van der Waals surface area contributed by atoms with Crippen molar-refractivity contribution in [3.63, 3.8) is 0 Å². The molecule has 2 heterocycles. The van der Waals surface area contributed by atoms with Gasteiger partial charge >= 0.3 is 0 Å². The predicted octanol–water partition coefficient (Wildman–Crippen LogP) is 19.6. The second-order valence-corrected chi connectivity index (χ2v) is 30.1.